The molecule has 0 aliphatic heterocycles. The number of carbonyl (C=O) groups excluding carboxylic acids is 2. The molecule has 146 valence electrons. The maximum absolute atomic E-state index is 11.8. The van der Waals surface area contributed by atoms with Crippen LogP contribution < -0.4 is 15.8 Å². The molecule has 0 saturated heterocycles. The van der Waals surface area contributed by atoms with Crippen molar-refractivity contribution in [2.45, 2.75) is 71.4 Å². The number of ether oxygens (including phenoxy) is 2. The average molecular weight is 364 g/mol. The van der Waals surface area contributed by atoms with Crippen molar-refractivity contribution in [3.05, 3.63) is 29.8 Å². The summed E-state index contributed by atoms with van der Waals surface area (Å²) >= 11 is 0. The Hall–Kier alpha value is -2.24. The van der Waals surface area contributed by atoms with Crippen molar-refractivity contribution in [2.75, 3.05) is 6.61 Å². The van der Waals surface area contributed by atoms with Crippen LogP contribution in [0.1, 0.15) is 58.9 Å². The molecule has 1 aromatic rings. The highest BCUT2D eigenvalue weighted by Gasteiger charge is 2.22. The Labute approximate surface area is 156 Å². The van der Waals surface area contributed by atoms with Crippen LogP contribution in [-0.2, 0) is 16.0 Å². The fourth-order valence-electron chi connectivity index (χ4n) is 2.36. The minimum Gasteiger partial charge on any atom is -0.494 e. The predicted molar refractivity (Wildman–Crippen MR) is 102 cm³/mol. The van der Waals surface area contributed by atoms with Gasteiger partial charge in [-0.15, -0.1) is 0 Å². The first-order valence-corrected chi connectivity index (χ1v) is 9.22. The van der Waals surface area contributed by atoms with Crippen molar-refractivity contribution in [1.82, 2.24) is 5.32 Å². The summed E-state index contributed by atoms with van der Waals surface area (Å²) in [6, 6.07) is 7.10. The number of hydrogen-bond donors (Lipinski definition) is 2. The molecule has 1 aromatic carbocycles. The van der Waals surface area contributed by atoms with E-state index in [1.165, 1.54) is 24.8 Å². The Bertz CT molecular complexity index is 564. The van der Waals surface area contributed by atoms with Crippen molar-refractivity contribution < 1.29 is 19.1 Å². The number of nitrogens with two attached hydrogens (primary N) is 1. The van der Waals surface area contributed by atoms with Gasteiger partial charge in [0, 0.05) is 6.42 Å². The van der Waals surface area contributed by atoms with Gasteiger partial charge in [0.25, 0.3) is 0 Å². The Kier molecular flexibility index (Phi) is 8.96. The molecule has 1 rings (SSSR count). The number of hydrogen-bond acceptors (Lipinski definition) is 4. The SMILES string of the molecule is CCCCCc1ccc(OCCC(NC(=O)OC(C)(C)C)C(N)=O)cc1. The third kappa shape index (κ3) is 9.30. The third-order valence-corrected chi connectivity index (χ3v) is 3.70. The monoisotopic (exact) mass is 364 g/mol. The van der Waals surface area contributed by atoms with Crippen LogP contribution >= 0.6 is 0 Å². The smallest absolute Gasteiger partial charge is 0.408 e. The molecule has 0 fully saturated rings. The number of rotatable bonds is 10. The van der Waals surface area contributed by atoms with E-state index in [4.69, 9.17) is 15.2 Å². The van der Waals surface area contributed by atoms with Crippen molar-refractivity contribution >= 4 is 12.0 Å². The quantitative estimate of drug-likeness (QED) is 0.621. The van der Waals surface area contributed by atoms with Crippen molar-refractivity contribution in [2.24, 2.45) is 5.73 Å². The van der Waals surface area contributed by atoms with Crippen molar-refractivity contribution in [3.8, 4) is 5.75 Å². The normalized spacial score (nSPS) is 12.3. The number of aryl methyl sites for hydroxylation is 1. The number of carbonyl (C=O) groups is 2. The summed E-state index contributed by atoms with van der Waals surface area (Å²) in [7, 11) is 0. The lowest BCUT2D eigenvalue weighted by Gasteiger charge is -2.22. The van der Waals surface area contributed by atoms with E-state index < -0.39 is 23.6 Å². The Morgan fingerprint density at radius 2 is 1.81 bits per heavy atom. The number of alkyl carbamates (subject to hydrolysis) is 1. The largest absolute Gasteiger partial charge is 0.494 e. The molecule has 0 heterocycles. The van der Waals surface area contributed by atoms with E-state index in [0.717, 1.165) is 12.2 Å². The number of benzene rings is 1. The lowest BCUT2D eigenvalue weighted by Crippen LogP contribution is -2.47. The van der Waals surface area contributed by atoms with Crippen LogP contribution in [0, 0.1) is 0 Å². The van der Waals surface area contributed by atoms with Crippen molar-refractivity contribution in [3.63, 3.8) is 0 Å². The maximum Gasteiger partial charge on any atom is 0.408 e. The molecule has 3 N–H and O–H groups in total. The van der Waals surface area contributed by atoms with Crippen LogP contribution in [0.3, 0.4) is 0 Å². The molecular formula is C20H32N2O4. The molecule has 0 bridgehead atoms. The summed E-state index contributed by atoms with van der Waals surface area (Å²) in [5, 5.41) is 2.48. The van der Waals surface area contributed by atoms with Gasteiger partial charge in [0.2, 0.25) is 5.91 Å². The van der Waals surface area contributed by atoms with E-state index in [1.54, 1.807) is 20.8 Å². The molecule has 0 radical (unpaired) electrons. The number of amides is 2. The lowest BCUT2D eigenvalue weighted by molar-refractivity contribution is -0.120. The first-order chi connectivity index (χ1) is 12.2. The van der Waals surface area contributed by atoms with Crippen molar-refractivity contribution in [1.29, 1.82) is 0 Å². The highest BCUT2D eigenvalue weighted by atomic mass is 16.6. The molecule has 0 aliphatic carbocycles. The van der Waals surface area contributed by atoms with Gasteiger partial charge in [-0.1, -0.05) is 31.9 Å². The molecular weight excluding hydrogens is 332 g/mol. The van der Waals surface area contributed by atoms with E-state index in [1.807, 2.05) is 12.1 Å². The molecule has 0 saturated carbocycles. The molecule has 2 amide bonds. The summed E-state index contributed by atoms with van der Waals surface area (Å²) < 4.78 is 10.8. The Morgan fingerprint density at radius 1 is 1.15 bits per heavy atom. The van der Waals surface area contributed by atoms with E-state index in [9.17, 15) is 9.59 Å². The zero-order valence-electron chi connectivity index (χ0n) is 16.3. The topological polar surface area (TPSA) is 90.7 Å². The minimum absolute atomic E-state index is 0.262. The van der Waals surface area contributed by atoms with Gasteiger partial charge in [-0.3, -0.25) is 4.79 Å². The number of nitrogens with one attached hydrogen (secondary N) is 1. The van der Waals surface area contributed by atoms with Crippen LogP contribution in [0.15, 0.2) is 24.3 Å². The molecule has 26 heavy (non-hydrogen) atoms. The second-order valence-corrected chi connectivity index (χ2v) is 7.34. The van der Waals surface area contributed by atoms with Crippen LogP contribution in [0.25, 0.3) is 0 Å². The molecule has 0 aliphatic rings. The van der Waals surface area contributed by atoms with Gasteiger partial charge in [-0.25, -0.2) is 4.79 Å². The van der Waals surface area contributed by atoms with Crippen LogP contribution in [0.2, 0.25) is 0 Å². The van der Waals surface area contributed by atoms with E-state index >= 15 is 0 Å². The molecule has 6 heteroatoms. The van der Waals surface area contributed by atoms with Gasteiger partial charge in [0.1, 0.15) is 17.4 Å². The van der Waals surface area contributed by atoms with Gasteiger partial charge in [0.15, 0.2) is 0 Å². The van der Waals surface area contributed by atoms with Crippen LogP contribution in [0.5, 0.6) is 5.75 Å². The zero-order valence-corrected chi connectivity index (χ0v) is 16.3. The van der Waals surface area contributed by atoms with E-state index in [0.29, 0.717) is 0 Å². The lowest BCUT2D eigenvalue weighted by atomic mass is 10.1. The van der Waals surface area contributed by atoms with Gasteiger partial charge >= 0.3 is 6.09 Å². The molecule has 1 unspecified atom stereocenters. The van der Waals surface area contributed by atoms with Crippen LogP contribution in [-0.4, -0.2) is 30.3 Å². The minimum atomic E-state index is -0.835. The van der Waals surface area contributed by atoms with Gasteiger partial charge in [-0.05, 0) is 51.3 Å². The average Bonchev–Trinajstić information content (AvgIpc) is 2.53. The number of primary amides is 1. The first kappa shape index (κ1) is 21.8. The second-order valence-electron chi connectivity index (χ2n) is 7.34. The molecule has 0 spiro atoms. The van der Waals surface area contributed by atoms with Crippen LogP contribution in [0.4, 0.5) is 4.79 Å². The number of unbranched alkanes of at least 4 members (excludes halogenated alkanes) is 2. The summed E-state index contributed by atoms with van der Waals surface area (Å²) in [5.41, 5.74) is 5.99. The fraction of sp³-hybridized carbons (Fsp3) is 0.600. The third-order valence-electron chi connectivity index (χ3n) is 3.70. The maximum atomic E-state index is 11.8. The Morgan fingerprint density at radius 3 is 2.35 bits per heavy atom. The van der Waals surface area contributed by atoms with E-state index in [2.05, 4.69) is 24.4 Å². The standard InChI is InChI=1S/C20H32N2O4/c1-5-6-7-8-15-9-11-16(12-10-15)25-14-13-17(18(21)23)22-19(24)26-20(2,3)4/h9-12,17H,5-8,13-14H2,1-4H3,(H2,21,23)(H,22,24). The molecule has 0 aromatic heterocycles. The Balaban J connectivity index is 2.42. The van der Waals surface area contributed by atoms with Gasteiger partial charge < -0.3 is 20.5 Å². The predicted octanol–water partition coefficient (Wildman–Crippen LogP) is 3.57. The molecule has 1 atom stereocenters. The summed E-state index contributed by atoms with van der Waals surface area (Å²) in [5.74, 6) is 0.107. The highest BCUT2D eigenvalue weighted by molar-refractivity contribution is 5.84. The molecule has 6 nitrogen and oxygen atoms in total. The van der Waals surface area contributed by atoms with Gasteiger partial charge in [0.05, 0.1) is 6.61 Å². The fourth-order valence-corrected chi connectivity index (χ4v) is 2.36. The van der Waals surface area contributed by atoms with E-state index in [-0.39, 0.29) is 13.0 Å². The summed E-state index contributed by atoms with van der Waals surface area (Å²) in [6.07, 6.45) is 4.30. The zero-order chi connectivity index (χ0) is 19.6. The highest BCUT2D eigenvalue weighted by Crippen LogP contribution is 2.15. The first-order valence-electron chi connectivity index (χ1n) is 9.22. The van der Waals surface area contributed by atoms with Gasteiger partial charge in [-0.2, -0.15) is 0 Å². The summed E-state index contributed by atoms with van der Waals surface area (Å²) in [4.78, 5) is 23.3. The second kappa shape index (κ2) is 10.7. The summed E-state index contributed by atoms with van der Waals surface area (Å²) in [6.45, 7) is 7.70.